The summed E-state index contributed by atoms with van der Waals surface area (Å²) in [6, 6.07) is 0. The molecule has 0 bridgehead atoms. The van der Waals surface area contributed by atoms with Crippen molar-refractivity contribution in [2.45, 2.75) is 39.7 Å². The Balaban J connectivity index is 2.09. The minimum Gasteiger partial charge on any atom is -0.481 e. The van der Waals surface area contributed by atoms with E-state index in [1.54, 1.807) is 4.90 Å². The summed E-state index contributed by atoms with van der Waals surface area (Å²) in [5, 5.41) is 9.49. The highest BCUT2D eigenvalue weighted by Gasteiger charge is 2.49. The highest BCUT2D eigenvalue weighted by atomic mass is 16.5. The number of amides is 1. The van der Waals surface area contributed by atoms with Crippen molar-refractivity contribution in [1.82, 2.24) is 4.90 Å². The van der Waals surface area contributed by atoms with E-state index < -0.39 is 11.4 Å². The molecule has 1 amide bonds. The van der Waals surface area contributed by atoms with E-state index in [4.69, 9.17) is 4.74 Å². The van der Waals surface area contributed by atoms with E-state index in [-0.39, 0.29) is 23.8 Å². The third kappa shape index (κ3) is 2.36. The molecule has 3 unspecified atom stereocenters. The number of carbonyl (C=O) groups is 2. The minimum atomic E-state index is -0.784. The van der Waals surface area contributed by atoms with Gasteiger partial charge in [0, 0.05) is 19.7 Å². The normalized spacial score (nSPS) is 35.1. The Morgan fingerprint density at radius 2 is 2.11 bits per heavy atom. The highest BCUT2D eigenvalue weighted by Crippen LogP contribution is 2.39. The van der Waals surface area contributed by atoms with Gasteiger partial charge in [0.15, 0.2) is 0 Å². The molecule has 19 heavy (non-hydrogen) atoms. The number of nitrogens with zero attached hydrogens (tertiary/aromatic N) is 1. The van der Waals surface area contributed by atoms with Crippen LogP contribution >= 0.6 is 0 Å². The van der Waals surface area contributed by atoms with Crippen molar-refractivity contribution in [3.63, 3.8) is 0 Å². The topological polar surface area (TPSA) is 66.8 Å². The standard InChI is InChI=1S/C14H23NO4/c1-9(2)14(13(17)18)5-6-15(8-14)12(16)11-4-7-19-10(11)3/h9-11H,4-8H2,1-3H3,(H,17,18). The van der Waals surface area contributed by atoms with Gasteiger partial charge in [0.2, 0.25) is 5.91 Å². The molecule has 2 fully saturated rings. The number of carboxylic acid groups (broad SMARTS) is 1. The molecule has 0 spiro atoms. The number of carbonyl (C=O) groups excluding carboxylic acids is 1. The Bertz CT molecular complexity index is 382. The SMILES string of the molecule is CC1OCCC1C(=O)N1CCC(C(=O)O)(C(C)C)C1. The molecule has 2 saturated heterocycles. The van der Waals surface area contributed by atoms with Crippen molar-refractivity contribution in [2.75, 3.05) is 19.7 Å². The molecule has 5 nitrogen and oxygen atoms in total. The quantitative estimate of drug-likeness (QED) is 0.840. The van der Waals surface area contributed by atoms with E-state index in [0.29, 0.717) is 26.1 Å². The first-order valence-corrected chi connectivity index (χ1v) is 7.02. The lowest BCUT2D eigenvalue weighted by Crippen LogP contribution is -2.43. The van der Waals surface area contributed by atoms with Gasteiger partial charge in [-0.2, -0.15) is 0 Å². The summed E-state index contributed by atoms with van der Waals surface area (Å²) >= 11 is 0. The number of aliphatic carboxylic acids is 1. The van der Waals surface area contributed by atoms with Crippen LogP contribution in [-0.4, -0.2) is 47.7 Å². The maximum absolute atomic E-state index is 12.4. The van der Waals surface area contributed by atoms with E-state index in [2.05, 4.69) is 0 Å². The monoisotopic (exact) mass is 269 g/mol. The molecule has 5 heteroatoms. The third-order valence-corrected chi connectivity index (χ3v) is 4.84. The number of rotatable bonds is 3. The van der Waals surface area contributed by atoms with Crippen molar-refractivity contribution >= 4 is 11.9 Å². The number of hydrogen-bond donors (Lipinski definition) is 1. The molecule has 0 radical (unpaired) electrons. The fourth-order valence-corrected chi connectivity index (χ4v) is 3.20. The number of carboxylic acids is 1. The largest absolute Gasteiger partial charge is 0.481 e. The highest BCUT2D eigenvalue weighted by molar-refractivity contribution is 5.83. The van der Waals surface area contributed by atoms with E-state index in [0.717, 1.165) is 6.42 Å². The van der Waals surface area contributed by atoms with Gasteiger partial charge < -0.3 is 14.7 Å². The second-order valence-corrected chi connectivity index (χ2v) is 6.10. The van der Waals surface area contributed by atoms with Crippen molar-refractivity contribution in [3.8, 4) is 0 Å². The van der Waals surface area contributed by atoms with E-state index >= 15 is 0 Å². The van der Waals surface area contributed by atoms with Gasteiger partial charge in [0.1, 0.15) is 0 Å². The lowest BCUT2D eigenvalue weighted by Gasteiger charge is -2.29. The third-order valence-electron chi connectivity index (χ3n) is 4.84. The van der Waals surface area contributed by atoms with Gasteiger partial charge in [0.05, 0.1) is 17.4 Å². The zero-order valence-corrected chi connectivity index (χ0v) is 11.9. The average molecular weight is 269 g/mol. The Labute approximate surface area is 113 Å². The van der Waals surface area contributed by atoms with Crippen molar-refractivity contribution in [1.29, 1.82) is 0 Å². The van der Waals surface area contributed by atoms with Crippen LogP contribution in [0.1, 0.15) is 33.6 Å². The van der Waals surface area contributed by atoms with Crippen LogP contribution in [0.2, 0.25) is 0 Å². The van der Waals surface area contributed by atoms with Gasteiger partial charge in [-0.25, -0.2) is 0 Å². The number of hydrogen-bond acceptors (Lipinski definition) is 3. The van der Waals surface area contributed by atoms with Crippen LogP contribution in [0.4, 0.5) is 0 Å². The summed E-state index contributed by atoms with van der Waals surface area (Å²) < 4.78 is 5.43. The molecule has 3 atom stereocenters. The molecule has 0 aromatic rings. The summed E-state index contributed by atoms with van der Waals surface area (Å²) in [7, 11) is 0. The van der Waals surface area contributed by atoms with Crippen LogP contribution < -0.4 is 0 Å². The smallest absolute Gasteiger partial charge is 0.311 e. The van der Waals surface area contributed by atoms with Gasteiger partial charge in [-0.3, -0.25) is 9.59 Å². The Morgan fingerprint density at radius 1 is 1.42 bits per heavy atom. The van der Waals surface area contributed by atoms with Gasteiger partial charge in [-0.05, 0) is 25.7 Å². The molecule has 2 heterocycles. The molecule has 1 N–H and O–H groups in total. The maximum Gasteiger partial charge on any atom is 0.311 e. The molecule has 2 aliphatic rings. The Morgan fingerprint density at radius 3 is 2.53 bits per heavy atom. The van der Waals surface area contributed by atoms with Crippen molar-refractivity contribution < 1.29 is 19.4 Å². The number of likely N-dealkylation sites (tertiary alicyclic amines) is 1. The van der Waals surface area contributed by atoms with Crippen LogP contribution in [-0.2, 0) is 14.3 Å². The van der Waals surface area contributed by atoms with E-state index in [9.17, 15) is 14.7 Å². The fraction of sp³-hybridized carbons (Fsp3) is 0.857. The predicted octanol–water partition coefficient (Wildman–Crippen LogP) is 1.37. The van der Waals surface area contributed by atoms with Crippen molar-refractivity contribution in [2.24, 2.45) is 17.3 Å². The molecular formula is C14H23NO4. The summed E-state index contributed by atoms with van der Waals surface area (Å²) in [6.07, 6.45) is 1.25. The summed E-state index contributed by atoms with van der Waals surface area (Å²) in [4.78, 5) is 25.7. The summed E-state index contributed by atoms with van der Waals surface area (Å²) in [5.74, 6) is -0.792. The van der Waals surface area contributed by atoms with E-state index in [1.165, 1.54) is 0 Å². The first kappa shape index (κ1) is 14.3. The summed E-state index contributed by atoms with van der Waals surface area (Å²) in [5.41, 5.74) is -0.779. The van der Waals surface area contributed by atoms with Crippen LogP contribution in [0.25, 0.3) is 0 Å². The number of ether oxygens (including phenoxy) is 1. The van der Waals surface area contributed by atoms with Gasteiger partial charge in [0.25, 0.3) is 0 Å². The molecular weight excluding hydrogens is 246 g/mol. The molecule has 0 saturated carbocycles. The van der Waals surface area contributed by atoms with Gasteiger partial charge in [-0.15, -0.1) is 0 Å². The minimum absolute atomic E-state index is 0.0278. The fourth-order valence-electron chi connectivity index (χ4n) is 3.20. The predicted molar refractivity (Wildman–Crippen MR) is 69.6 cm³/mol. The molecule has 0 aromatic carbocycles. The van der Waals surface area contributed by atoms with Crippen LogP contribution in [0.15, 0.2) is 0 Å². The molecule has 2 aliphatic heterocycles. The Hall–Kier alpha value is -1.10. The average Bonchev–Trinajstić information content (AvgIpc) is 2.94. The zero-order valence-electron chi connectivity index (χ0n) is 11.9. The first-order valence-electron chi connectivity index (χ1n) is 7.02. The Kier molecular flexibility index (Phi) is 3.85. The lowest BCUT2D eigenvalue weighted by molar-refractivity contribution is -0.151. The van der Waals surface area contributed by atoms with Crippen LogP contribution in [0, 0.1) is 17.3 Å². The van der Waals surface area contributed by atoms with Gasteiger partial charge >= 0.3 is 5.97 Å². The zero-order chi connectivity index (χ0) is 14.2. The second kappa shape index (κ2) is 5.12. The summed E-state index contributed by atoms with van der Waals surface area (Å²) in [6.45, 7) is 7.26. The van der Waals surface area contributed by atoms with Crippen LogP contribution in [0.5, 0.6) is 0 Å². The molecule has 0 aliphatic carbocycles. The van der Waals surface area contributed by atoms with Crippen molar-refractivity contribution in [3.05, 3.63) is 0 Å². The second-order valence-electron chi connectivity index (χ2n) is 6.10. The van der Waals surface area contributed by atoms with Crippen LogP contribution in [0.3, 0.4) is 0 Å². The molecule has 2 rings (SSSR count). The van der Waals surface area contributed by atoms with E-state index in [1.807, 2.05) is 20.8 Å². The lowest BCUT2D eigenvalue weighted by atomic mass is 9.76. The molecule has 0 aromatic heterocycles. The first-order chi connectivity index (χ1) is 8.88. The molecule has 108 valence electrons. The maximum atomic E-state index is 12.4. The van der Waals surface area contributed by atoms with Gasteiger partial charge in [-0.1, -0.05) is 13.8 Å².